The number of nitrogens with zero attached hydrogens (tertiary/aromatic N) is 2. The molecule has 1 fully saturated rings. The molecule has 1 aliphatic rings. The van der Waals surface area contributed by atoms with E-state index in [0.717, 1.165) is 12.8 Å². The van der Waals surface area contributed by atoms with Crippen LogP contribution in [0.5, 0.6) is 0 Å². The van der Waals surface area contributed by atoms with Crippen LogP contribution in [0.2, 0.25) is 0 Å². The molecule has 0 saturated heterocycles. The van der Waals surface area contributed by atoms with Gasteiger partial charge in [0.15, 0.2) is 0 Å². The van der Waals surface area contributed by atoms with Gasteiger partial charge in [0.1, 0.15) is 10.7 Å². The van der Waals surface area contributed by atoms with Gasteiger partial charge in [0, 0.05) is 29.6 Å². The summed E-state index contributed by atoms with van der Waals surface area (Å²) in [6, 6.07) is 6.22. The molecule has 2 aromatic rings. The van der Waals surface area contributed by atoms with E-state index in [9.17, 15) is 14.9 Å². The summed E-state index contributed by atoms with van der Waals surface area (Å²) in [6.45, 7) is 2.34. The van der Waals surface area contributed by atoms with Crippen LogP contribution in [0, 0.1) is 16.0 Å². The lowest BCUT2D eigenvalue weighted by Gasteiger charge is -2.29. The van der Waals surface area contributed by atoms with Crippen LogP contribution in [0.3, 0.4) is 0 Å². The van der Waals surface area contributed by atoms with Gasteiger partial charge in [0.2, 0.25) is 0 Å². The largest absolute Gasteiger partial charge is 0.344 e. The minimum atomic E-state index is -0.451. The number of hydrogen-bond donors (Lipinski definition) is 2. The van der Waals surface area contributed by atoms with E-state index in [1.165, 1.54) is 23.5 Å². The van der Waals surface area contributed by atoms with Gasteiger partial charge in [0.25, 0.3) is 11.6 Å². The lowest BCUT2D eigenvalue weighted by Crippen LogP contribution is -2.53. The van der Waals surface area contributed by atoms with Crippen LogP contribution >= 0.6 is 23.7 Å². The molecule has 0 bridgehead atoms. The van der Waals surface area contributed by atoms with Crippen molar-refractivity contribution >= 4 is 35.3 Å². The Morgan fingerprint density at radius 3 is 2.84 bits per heavy atom. The van der Waals surface area contributed by atoms with Gasteiger partial charge in [-0.3, -0.25) is 14.9 Å². The Bertz CT molecular complexity index is 793. The van der Waals surface area contributed by atoms with E-state index in [4.69, 9.17) is 5.73 Å². The van der Waals surface area contributed by atoms with Crippen LogP contribution in [0.4, 0.5) is 5.69 Å². The normalized spacial score (nSPS) is 15.8. The predicted octanol–water partition coefficient (Wildman–Crippen LogP) is 3.00. The number of nitrogens with one attached hydrogen (secondary N) is 1. The average Bonchev–Trinajstić information content (AvgIpc) is 3.32. The van der Waals surface area contributed by atoms with Gasteiger partial charge >= 0.3 is 0 Å². The number of thiazole rings is 1. The monoisotopic (exact) mass is 382 g/mol. The third-order valence-electron chi connectivity index (χ3n) is 4.34. The SMILES string of the molecule is CC(CN)(NC(=O)c1csc(-c2cccc([N+](=O)[O-])c2)n1)C1CC1.Cl. The Balaban J connectivity index is 0.00000225. The fraction of sp³-hybridized carbons (Fsp3) is 0.375. The number of nitro benzene ring substituents is 1. The second-order valence-corrected chi connectivity index (χ2v) is 7.05. The van der Waals surface area contributed by atoms with Gasteiger partial charge in [-0.1, -0.05) is 12.1 Å². The highest BCUT2D eigenvalue weighted by atomic mass is 35.5. The van der Waals surface area contributed by atoms with Crippen molar-refractivity contribution in [2.75, 3.05) is 6.54 Å². The van der Waals surface area contributed by atoms with Crippen molar-refractivity contribution < 1.29 is 9.72 Å². The molecule has 1 aromatic heterocycles. The van der Waals surface area contributed by atoms with Crippen molar-refractivity contribution in [2.45, 2.75) is 25.3 Å². The van der Waals surface area contributed by atoms with Gasteiger partial charge in [-0.15, -0.1) is 23.7 Å². The summed E-state index contributed by atoms with van der Waals surface area (Å²) in [5.74, 6) is 0.157. The molecule has 134 valence electrons. The summed E-state index contributed by atoms with van der Waals surface area (Å²) in [5.41, 5.74) is 6.34. The summed E-state index contributed by atoms with van der Waals surface area (Å²) in [6.07, 6.45) is 2.15. The Kier molecular flexibility index (Phi) is 5.76. The van der Waals surface area contributed by atoms with Crippen molar-refractivity contribution in [3.8, 4) is 10.6 Å². The van der Waals surface area contributed by atoms with Crippen LogP contribution < -0.4 is 11.1 Å². The van der Waals surface area contributed by atoms with Crippen LogP contribution in [-0.4, -0.2) is 27.9 Å². The zero-order chi connectivity index (χ0) is 17.3. The van der Waals surface area contributed by atoms with Gasteiger partial charge in [-0.25, -0.2) is 4.98 Å². The zero-order valence-corrected chi connectivity index (χ0v) is 15.2. The van der Waals surface area contributed by atoms with Gasteiger partial charge < -0.3 is 11.1 Å². The maximum Gasteiger partial charge on any atom is 0.271 e. The average molecular weight is 383 g/mol. The van der Waals surface area contributed by atoms with E-state index in [1.54, 1.807) is 17.5 Å². The minimum Gasteiger partial charge on any atom is -0.344 e. The zero-order valence-electron chi connectivity index (χ0n) is 13.6. The molecule has 3 rings (SSSR count). The van der Waals surface area contributed by atoms with Gasteiger partial charge in [-0.05, 0) is 25.7 Å². The van der Waals surface area contributed by atoms with Crippen LogP contribution in [0.15, 0.2) is 29.6 Å². The smallest absolute Gasteiger partial charge is 0.271 e. The van der Waals surface area contributed by atoms with E-state index in [1.807, 2.05) is 6.92 Å². The van der Waals surface area contributed by atoms with Gasteiger partial charge in [-0.2, -0.15) is 0 Å². The second-order valence-electron chi connectivity index (χ2n) is 6.20. The fourth-order valence-electron chi connectivity index (χ4n) is 2.63. The Morgan fingerprint density at radius 2 is 2.24 bits per heavy atom. The molecule has 25 heavy (non-hydrogen) atoms. The summed E-state index contributed by atoms with van der Waals surface area (Å²) in [4.78, 5) is 27.2. The Labute approximate surface area is 155 Å². The first-order valence-corrected chi connectivity index (χ1v) is 8.54. The first-order chi connectivity index (χ1) is 11.4. The van der Waals surface area contributed by atoms with E-state index < -0.39 is 10.5 Å². The standard InChI is InChI=1S/C16H18N4O3S.ClH/c1-16(9-17,11-5-6-11)19-14(21)13-8-24-15(18-13)10-3-2-4-12(7-10)20(22)23;/h2-4,7-8,11H,5-6,9,17H2,1H3,(H,19,21);1H. The maximum atomic E-state index is 12.4. The highest BCUT2D eigenvalue weighted by Gasteiger charge is 2.41. The fourth-order valence-corrected chi connectivity index (χ4v) is 3.42. The van der Waals surface area contributed by atoms with Crippen molar-refractivity contribution in [1.29, 1.82) is 0 Å². The number of carbonyl (C=O) groups excluding carboxylic acids is 1. The number of non-ortho nitro benzene ring substituents is 1. The van der Waals surface area contributed by atoms with Crippen molar-refractivity contribution in [1.82, 2.24) is 10.3 Å². The molecule has 1 saturated carbocycles. The molecule has 1 unspecified atom stereocenters. The highest BCUT2D eigenvalue weighted by Crippen LogP contribution is 2.39. The van der Waals surface area contributed by atoms with Crippen molar-refractivity contribution in [3.05, 3.63) is 45.5 Å². The maximum absolute atomic E-state index is 12.4. The number of aromatic nitrogens is 1. The van der Waals surface area contributed by atoms with E-state index >= 15 is 0 Å². The van der Waals surface area contributed by atoms with Crippen LogP contribution in [0.1, 0.15) is 30.3 Å². The number of benzene rings is 1. The molecule has 0 spiro atoms. The number of rotatable bonds is 6. The number of carbonyl (C=O) groups is 1. The summed E-state index contributed by atoms with van der Waals surface area (Å²) >= 11 is 1.28. The molecule has 0 aliphatic heterocycles. The van der Waals surface area contributed by atoms with Crippen LogP contribution in [0.25, 0.3) is 10.6 Å². The van der Waals surface area contributed by atoms with Crippen LogP contribution in [-0.2, 0) is 0 Å². The van der Waals surface area contributed by atoms with E-state index in [2.05, 4.69) is 10.3 Å². The predicted molar refractivity (Wildman–Crippen MR) is 99.1 cm³/mol. The Morgan fingerprint density at radius 1 is 1.52 bits per heavy atom. The molecule has 1 atom stereocenters. The number of amides is 1. The van der Waals surface area contributed by atoms with E-state index in [-0.39, 0.29) is 24.0 Å². The number of nitrogens with two attached hydrogens (primary N) is 1. The van der Waals surface area contributed by atoms with Gasteiger partial charge in [0.05, 0.1) is 10.5 Å². The third kappa shape index (κ3) is 4.15. The minimum absolute atomic E-state index is 0. The van der Waals surface area contributed by atoms with Crippen molar-refractivity contribution in [2.24, 2.45) is 11.7 Å². The molecule has 7 nitrogen and oxygen atoms in total. The molecular formula is C16H19ClN4O3S. The van der Waals surface area contributed by atoms with Crippen molar-refractivity contribution in [3.63, 3.8) is 0 Å². The lowest BCUT2D eigenvalue weighted by molar-refractivity contribution is -0.384. The third-order valence-corrected chi connectivity index (χ3v) is 5.23. The molecule has 1 heterocycles. The summed E-state index contributed by atoms with van der Waals surface area (Å²) < 4.78 is 0. The molecule has 1 amide bonds. The summed E-state index contributed by atoms with van der Waals surface area (Å²) in [7, 11) is 0. The molecule has 1 aromatic carbocycles. The molecule has 1 aliphatic carbocycles. The highest BCUT2D eigenvalue weighted by molar-refractivity contribution is 7.13. The molecule has 3 N–H and O–H groups in total. The Hall–Kier alpha value is -2.03. The first kappa shape index (κ1) is 19.3. The first-order valence-electron chi connectivity index (χ1n) is 7.66. The van der Waals surface area contributed by atoms with E-state index in [0.29, 0.717) is 28.7 Å². The molecular weight excluding hydrogens is 364 g/mol. The number of hydrogen-bond acceptors (Lipinski definition) is 6. The second kappa shape index (κ2) is 7.47. The number of nitro groups is 1. The summed E-state index contributed by atoms with van der Waals surface area (Å²) in [5, 5.41) is 16.1. The lowest BCUT2D eigenvalue weighted by atomic mass is 9.96. The topological polar surface area (TPSA) is 111 Å². The molecule has 0 radical (unpaired) electrons. The quantitative estimate of drug-likeness (QED) is 0.589. The number of halogens is 1. The molecule has 9 heteroatoms.